The summed E-state index contributed by atoms with van der Waals surface area (Å²) in [6, 6.07) is 9.00. The molecule has 162 valence electrons. The fourth-order valence-electron chi connectivity index (χ4n) is 3.48. The van der Waals surface area contributed by atoms with E-state index in [1.54, 1.807) is 35.1 Å². The Labute approximate surface area is 182 Å². The Morgan fingerprint density at radius 1 is 1.10 bits per heavy atom. The van der Waals surface area contributed by atoms with Crippen LogP contribution < -0.4 is 4.74 Å². The number of amides is 2. The van der Waals surface area contributed by atoms with Gasteiger partial charge in [0.25, 0.3) is 11.8 Å². The number of esters is 1. The molecule has 3 aromatic rings. The molecule has 0 unspecified atom stereocenters. The maximum absolute atomic E-state index is 12.4. The van der Waals surface area contributed by atoms with Crippen LogP contribution in [0.15, 0.2) is 46.4 Å². The smallest absolute Gasteiger partial charge is 0.310 e. The van der Waals surface area contributed by atoms with E-state index in [9.17, 15) is 14.4 Å². The molecule has 1 aliphatic rings. The Morgan fingerprint density at radius 3 is 2.58 bits per heavy atom. The van der Waals surface area contributed by atoms with Crippen LogP contribution in [-0.2, 0) is 20.7 Å². The summed E-state index contributed by atoms with van der Waals surface area (Å²) in [6.45, 7) is 1.44. The van der Waals surface area contributed by atoms with Crippen molar-refractivity contribution in [1.29, 1.82) is 0 Å². The molecule has 3 heterocycles. The van der Waals surface area contributed by atoms with Crippen LogP contribution in [0.2, 0.25) is 0 Å². The molecule has 31 heavy (non-hydrogen) atoms. The van der Waals surface area contributed by atoms with Crippen molar-refractivity contribution in [2.45, 2.75) is 6.42 Å². The van der Waals surface area contributed by atoms with Crippen LogP contribution in [0.3, 0.4) is 0 Å². The molecule has 9 heteroatoms. The van der Waals surface area contributed by atoms with Crippen molar-refractivity contribution in [2.75, 3.05) is 39.9 Å². The SMILES string of the molecule is COc1ccc2c(CC(=O)OCC(=O)N3CCN(C(=O)c4cccs4)CC3)coc2c1. The lowest BCUT2D eigenvalue weighted by atomic mass is 10.1. The number of furan rings is 1. The summed E-state index contributed by atoms with van der Waals surface area (Å²) >= 11 is 1.40. The van der Waals surface area contributed by atoms with Gasteiger partial charge in [0, 0.05) is 43.2 Å². The molecule has 2 aromatic heterocycles. The number of piperazine rings is 1. The third-order valence-corrected chi connectivity index (χ3v) is 6.06. The molecular weight excluding hydrogens is 420 g/mol. The Kier molecular flexibility index (Phi) is 6.22. The maximum atomic E-state index is 12.4. The molecular formula is C22H22N2O6S. The van der Waals surface area contributed by atoms with Crippen molar-refractivity contribution in [1.82, 2.24) is 9.80 Å². The van der Waals surface area contributed by atoms with E-state index in [1.807, 2.05) is 17.5 Å². The first-order valence-corrected chi connectivity index (χ1v) is 10.7. The molecule has 0 aliphatic carbocycles. The molecule has 8 nitrogen and oxygen atoms in total. The number of nitrogens with zero attached hydrogens (tertiary/aromatic N) is 2. The minimum Gasteiger partial charge on any atom is -0.497 e. The Balaban J connectivity index is 1.25. The van der Waals surface area contributed by atoms with Crippen molar-refractivity contribution in [3.05, 3.63) is 52.4 Å². The van der Waals surface area contributed by atoms with Gasteiger partial charge in [0.1, 0.15) is 11.3 Å². The number of thiophene rings is 1. The minimum atomic E-state index is -0.502. The van der Waals surface area contributed by atoms with E-state index < -0.39 is 5.97 Å². The summed E-state index contributed by atoms with van der Waals surface area (Å²) in [7, 11) is 1.57. The van der Waals surface area contributed by atoms with Gasteiger partial charge in [-0.25, -0.2) is 0 Å². The van der Waals surface area contributed by atoms with Gasteiger partial charge < -0.3 is 23.7 Å². The highest BCUT2D eigenvalue weighted by Gasteiger charge is 2.26. The van der Waals surface area contributed by atoms with Crippen molar-refractivity contribution in [3.8, 4) is 5.75 Å². The van der Waals surface area contributed by atoms with Crippen molar-refractivity contribution in [3.63, 3.8) is 0 Å². The Hall–Kier alpha value is -3.33. The quantitative estimate of drug-likeness (QED) is 0.545. The zero-order chi connectivity index (χ0) is 21.8. The van der Waals surface area contributed by atoms with Crippen LogP contribution in [0.1, 0.15) is 15.2 Å². The topological polar surface area (TPSA) is 89.3 Å². The first-order chi connectivity index (χ1) is 15.0. The van der Waals surface area contributed by atoms with Crippen LogP contribution >= 0.6 is 11.3 Å². The Bertz CT molecular complexity index is 1080. The number of benzene rings is 1. The predicted octanol–water partition coefficient (Wildman–Crippen LogP) is 2.57. The van der Waals surface area contributed by atoms with Gasteiger partial charge >= 0.3 is 5.97 Å². The number of ether oxygens (including phenoxy) is 2. The van der Waals surface area contributed by atoms with Gasteiger partial charge in [0.2, 0.25) is 0 Å². The summed E-state index contributed by atoms with van der Waals surface area (Å²) < 4.78 is 15.8. The fraction of sp³-hybridized carbons (Fsp3) is 0.318. The number of carbonyl (C=O) groups is 3. The van der Waals surface area contributed by atoms with Gasteiger partial charge in [-0.3, -0.25) is 14.4 Å². The highest BCUT2D eigenvalue weighted by atomic mass is 32.1. The minimum absolute atomic E-state index is 0.00963. The van der Waals surface area contributed by atoms with Gasteiger partial charge in [0.05, 0.1) is 24.7 Å². The monoisotopic (exact) mass is 442 g/mol. The van der Waals surface area contributed by atoms with Crippen LogP contribution in [-0.4, -0.2) is 67.5 Å². The van der Waals surface area contributed by atoms with E-state index in [4.69, 9.17) is 13.9 Å². The van der Waals surface area contributed by atoms with Crippen LogP contribution in [0, 0.1) is 0 Å². The van der Waals surface area contributed by atoms with Gasteiger partial charge in [0.15, 0.2) is 6.61 Å². The number of methoxy groups -OCH3 is 1. The zero-order valence-corrected chi connectivity index (χ0v) is 17.9. The standard InChI is InChI=1S/C22H22N2O6S/c1-28-16-4-5-17-15(13-29-18(17)12-16)11-21(26)30-14-20(25)23-6-8-24(9-7-23)22(27)19-3-2-10-31-19/h2-5,10,12-13H,6-9,11,14H2,1H3. The van der Waals surface area contributed by atoms with E-state index in [1.165, 1.54) is 17.6 Å². The van der Waals surface area contributed by atoms with E-state index in [-0.39, 0.29) is 24.8 Å². The van der Waals surface area contributed by atoms with E-state index in [0.717, 1.165) is 5.39 Å². The van der Waals surface area contributed by atoms with Crippen LogP contribution in [0.5, 0.6) is 5.75 Å². The summed E-state index contributed by atoms with van der Waals surface area (Å²) in [5.74, 6) is -0.117. The third-order valence-electron chi connectivity index (χ3n) is 5.21. The highest BCUT2D eigenvalue weighted by Crippen LogP contribution is 2.26. The lowest BCUT2D eigenvalue weighted by Crippen LogP contribution is -2.51. The number of rotatable bonds is 6. The number of fused-ring (bicyclic) bond motifs is 1. The molecule has 0 radical (unpaired) electrons. The molecule has 0 bridgehead atoms. The summed E-state index contributed by atoms with van der Waals surface area (Å²) in [4.78, 5) is 41.1. The average molecular weight is 442 g/mol. The molecule has 0 N–H and O–H groups in total. The number of carbonyl (C=O) groups excluding carboxylic acids is 3. The molecule has 1 fully saturated rings. The van der Waals surface area contributed by atoms with E-state index in [0.29, 0.717) is 48.0 Å². The van der Waals surface area contributed by atoms with E-state index >= 15 is 0 Å². The molecule has 1 aromatic carbocycles. The first kappa shape index (κ1) is 20.9. The lowest BCUT2D eigenvalue weighted by Gasteiger charge is -2.34. The first-order valence-electron chi connectivity index (χ1n) is 9.85. The normalized spacial score (nSPS) is 14.0. The predicted molar refractivity (Wildman–Crippen MR) is 114 cm³/mol. The largest absolute Gasteiger partial charge is 0.497 e. The second-order valence-electron chi connectivity index (χ2n) is 7.11. The van der Waals surface area contributed by atoms with Crippen molar-refractivity contribution in [2.24, 2.45) is 0 Å². The lowest BCUT2D eigenvalue weighted by molar-refractivity contribution is -0.152. The summed E-state index contributed by atoms with van der Waals surface area (Å²) in [5, 5.41) is 2.67. The zero-order valence-electron chi connectivity index (χ0n) is 17.0. The fourth-order valence-corrected chi connectivity index (χ4v) is 4.17. The van der Waals surface area contributed by atoms with Crippen molar-refractivity contribution >= 4 is 40.1 Å². The third kappa shape index (κ3) is 4.72. The molecule has 2 amide bonds. The van der Waals surface area contributed by atoms with E-state index in [2.05, 4.69) is 0 Å². The molecule has 1 saturated heterocycles. The van der Waals surface area contributed by atoms with Gasteiger partial charge in [-0.2, -0.15) is 0 Å². The molecule has 0 spiro atoms. The Morgan fingerprint density at radius 2 is 1.87 bits per heavy atom. The average Bonchev–Trinajstić information content (AvgIpc) is 3.47. The second kappa shape index (κ2) is 9.22. The molecule has 4 rings (SSSR count). The summed E-state index contributed by atoms with van der Waals surface area (Å²) in [6.07, 6.45) is 1.52. The van der Waals surface area contributed by atoms with Gasteiger partial charge in [-0.05, 0) is 23.6 Å². The number of hydrogen-bond acceptors (Lipinski definition) is 7. The molecule has 1 aliphatic heterocycles. The van der Waals surface area contributed by atoms with Crippen molar-refractivity contribution < 1.29 is 28.3 Å². The van der Waals surface area contributed by atoms with Gasteiger partial charge in [-0.15, -0.1) is 11.3 Å². The van der Waals surface area contributed by atoms with Crippen LogP contribution in [0.4, 0.5) is 0 Å². The molecule has 0 saturated carbocycles. The van der Waals surface area contributed by atoms with Gasteiger partial charge in [-0.1, -0.05) is 6.07 Å². The van der Waals surface area contributed by atoms with Crippen LogP contribution in [0.25, 0.3) is 11.0 Å². The summed E-state index contributed by atoms with van der Waals surface area (Å²) in [5.41, 5.74) is 1.31. The maximum Gasteiger partial charge on any atom is 0.310 e. The highest BCUT2D eigenvalue weighted by molar-refractivity contribution is 7.12. The number of hydrogen-bond donors (Lipinski definition) is 0. The molecule has 0 atom stereocenters. The second-order valence-corrected chi connectivity index (χ2v) is 8.06.